The summed E-state index contributed by atoms with van der Waals surface area (Å²) in [5.41, 5.74) is 3.58. The van der Waals surface area contributed by atoms with Crippen molar-refractivity contribution in [3.8, 4) is 5.88 Å². The van der Waals surface area contributed by atoms with Crippen LogP contribution in [0.3, 0.4) is 0 Å². The number of aliphatic hydroxyl groups is 1. The van der Waals surface area contributed by atoms with Gasteiger partial charge in [0.15, 0.2) is 0 Å². The first-order valence-electron chi connectivity index (χ1n) is 9.11. The molecular weight excluding hydrogens is 354 g/mol. The third kappa shape index (κ3) is 2.68. The number of rotatable bonds is 3. The number of imidazole rings is 1. The fraction of sp³-hybridized carbons (Fsp3) is 0.190. The highest BCUT2D eigenvalue weighted by Gasteiger charge is 2.31. The van der Waals surface area contributed by atoms with Gasteiger partial charge in [-0.25, -0.2) is 4.98 Å². The summed E-state index contributed by atoms with van der Waals surface area (Å²) in [4.78, 5) is 4.55. The smallest absolute Gasteiger partial charge is 0.220 e. The van der Waals surface area contributed by atoms with Crippen molar-refractivity contribution in [1.82, 2.24) is 9.55 Å². The number of nitrogens with zero attached hydrogens (tertiary/aromatic N) is 4. The largest absolute Gasteiger partial charge is 0.493 e. The summed E-state index contributed by atoms with van der Waals surface area (Å²) in [6.45, 7) is 0. The predicted octanol–water partition coefficient (Wildman–Crippen LogP) is 0.992. The van der Waals surface area contributed by atoms with Crippen LogP contribution < -0.4 is 15.9 Å². The fourth-order valence-corrected chi connectivity index (χ4v) is 3.79. The number of aromatic hydroxyl groups is 1. The summed E-state index contributed by atoms with van der Waals surface area (Å²) in [6, 6.07) is 13.5. The number of hydrogen-bond donors (Lipinski definition) is 3. The van der Waals surface area contributed by atoms with Crippen molar-refractivity contribution in [3.63, 3.8) is 0 Å². The number of hydrogen-bond acceptors (Lipinski definition) is 6. The van der Waals surface area contributed by atoms with Crippen LogP contribution in [0.25, 0.3) is 6.08 Å². The van der Waals surface area contributed by atoms with E-state index in [1.165, 1.54) is 0 Å². The number of anilines is 1. The third-order valence-electron chi connectivity index (χ3n) is 5.30. The Morgan fingerprint density at radius 2 is 2.07 bits per heavy atom. The molecule has 0 amide bonds. The molecule has 7 nitrogen and oxygen atoms in total. The highest BCUT2D eigenvalue weighted by molar-refractivity contribution is 5.80. The van der Waals surface area contributed by atoms with Gasteiger partial charge in [-0.05, 0) is 34.6 Å². The van der Waals surface area contributed by atoms with Crippen molar-refractivity contribution in [2.45, 2.75) is 18.6 Å². The van der Waals surface area contributed by atoms with Crippen LogP contribution in [0.5, 0.6) is 5.88 Å². The molecule has 2 heterocycles. The first-order valence-corrected chi connectivity index (χ1v) is 9.11. The van der Waals surface area contributed by atoms with Crippen LogP contribution in [-0.4, -0.2) is 32.1 Å². The number of fused-ring (bicyclic) bond motifs is 2. The van der Waals surface area contributed by atoms with Crippen LogP contribution in [0.1, 0.15) is 28.4 Å². The molecule has 0 saturated heterocycles. The van der Waals surface area contributed by atoms with E-state index < -0.39 is 6.10 Å². The number of aliphatic hydroxyl groups excluding tert-OH is 1. The lowest BCUT2D eigenvalue weighted by atomic mass is 10.1. The standard InChI is InChI=1S/C21H19N5O2/c1-26-20(28)17(9-12-6-7-16-14(8-12)11-22-25-16)23-21(26)24-19-15-5-3-2-4-13(15)10-18(19)27/h2-9,11,18-19,27-28H,10H2,1H3,(H,23,24)/t18-,19-/m0/s1. The van der Waals surface area contributed by atoms with Crippen molar-refractivity contribution >= 4 is 18.2 Å². The zero-order valence-corrected chi connectivity index (χ0v) is 15.2. The van der Waals surface area contributed by atoms with Crippen LogP contribution in [-0.2, 0) is 13.5 Å². The molecule has 0 unspecified atom stereocenters. The first-order chi connectivity index (χ1) is 13.6. The van der Waals surface area contributed by atoms with E-state index in [1.54, 1.807) is 17.8 Å². The number of aromatic nitrogens is 2. The monoisotopic (exact) mass is 373 g/mol. The molecule has 0 fully saturated rings. The van der Waals surface area contributed by atoms with Gasteiger partial charge < -0.3 is 15.5 Å². The van der Waals surface area contributed by atoms with E-state index in [-0.39, 0.29) is 11.9 Å². The minimum absolute atomic E-state index is 0.0575. The van der Waals surface area contributed by atoms with Gasteiger partial charge in [-0.3, -0.25) is 4.57 Å². The molecule has 3 aromatic rings. The van der Waals surface area contributed by atoms with Gasteiger partial charge in [0.05, 0.1) is 23.7 Å². The van der Waals surface area contributed by atoms with E-state index in [9.17, 15) is 10.2 Å². The second-order valence-corrected chi connectivity index (χ2v) is 7.10. The maximum absolute atomic E-state index is 10.5. The van der Waals surface area contributed by atoms with Crippen LogP contribution in [0.4, 0.5) is 5.95 Å². The molecular formula is C21H19N5O2. The molecule has 0 bridgehead atoms. The van der Waals surface area contributed by atoms with Gasteiger partial charge in [-0.2, -0.15) is 10.2 Å². The van der Waals surface area contributed by atoms with Gasteiger partial charge in [-0.1, -0.05) is 30.3 Å². The van der Waals surface area contributed by atoms with Gasteiger partial charge in [0.1, 0.15) is 5.69 Å². The highest BCUT2D eigenvalue weighted by atomic mass is 16.3. The van der Waals surface area contributed by atoms with Crippen molar-refractivity contribution in [1.29, 1.82) is 0 Å². The van der Waals surface area contributed by atoms with Crippen molar-refractivity contribution in [2.75, 3.05) is 5.32 Å². The molecule has 1 aliphatic heterocycles. The maximum Gasteiger partial charge on any atom is 0.220 e. The average molecular weight is 373 g/mol. The minimum Gasteiger partial charge on any atom is -0.493 e. The lowest BCUT2D eigenvalue weighted by Gasteiger charge is -2.18. The molecule has 0 radical (unpaired) electrons. The fourth-order valence-electron chi connectivity index (χ4n) is 3.79. The highest BCUT2D eigenvalue weighted by Crippen LogP contribution is 2.34. The lowest BCUT2D eigenvalue weighted by molar-refractivity contribution is 0.165. The van der Waals surface area contributed by atoms with E-state index in [0.29, 0.717) is 18.1 Å². The topological polar surface area (TPSA) is 95.0 Å². The predicted molar refractivity (Wildman–Crippen MR) is 106 cm³/mol. The van der Waals surface area contributed by atoms with Gasteiger partial charge in [-0.15, -0.1) is 0 Å². The summed E-state index contributed by atoms with van der Waals surface area (Å²) >= 11 is 0. The molecule has 2 atom stereocenters. The van der Waals surface area contributed by atoms with Crippen molar-refractivity contribution < 1.29 is 10.2 Å². The van der Waals surface area contributed by atoms with E-state index >= 15 is 0 Å². The summed E-state index contributed by atoms with van der Waals surface area (Å²) < 4.78 is 1.59. The van der Waals surface area contributed by atoms with Gasteiger partial charge in [0, 0.05) is 19.0 Å². The van der Waals surface area contributed by atoms with Gasteiger partial charge >= 0.3 is 0 Å². The summed E-state index contributed by atoms with van der Waals surface area (Å²) in [6.07, 6.45) is 3.58. The summed E-state index contributed by atoms with van der Waals surface area (Å²) in [5, 5.41) is 33.9. The number of benzene rings is 2. The minimum atomic E-state index is -0.538. The molecule has 0 spiro atoms. The zero-order chi connectivity index (χ0) is 19.3. The quantitative estimate of drug-likeness (QED) is 0.638. The molecule has 5 rings (SSSR count). The van der Waals surface area contributed by atoms with E-state index in [2.05, 4.69) is 20.5 Å². The van der Waals surface area contributed by atoms with Crippen LogP contribution >= 0.6 is 0 Å². The molecule has 3 N–H and O–H groups in total. The van der Waals surface area contributed by atoms with Crippen LogP contribution in [0.2, 0.25) is 0 Å². The SMILES string of the molecule is Cn1c(N[C@H]2c3ccccc3C[C@@H]2O)nc(C=c2ccc3c(c2)C=NN=3)c1O. The van der Waals surface area contributed by atoms with E-state index in [0.717, 1.165) is 27.3 Å². The average Bonchev–Trinajstić information content (AvgIpc) is 3.35. The summed E-state index contributed by atoms with van der Waals surface area (Å²) in [7, 11) is 1.74. The molecule has 7 heteroatoms. The lowest BCUT2D eigenvalue weighted by Crippen LogP contribution is -2.22. The normalized spacial score (nSPS) is 20.1. The molecule has 140 valence electrons. The molecule has 28 heavy (non-hydrogen) atoms. The van der Waals surface area contributed by atoms with E-state index in [4.69, 9.17) is 0 Å². The Balaban J connectivity index is 1.49. The molecule has 2 aliphatic rings. The third-order valence-corrected chi connectivity index (χ3v) is 5.30. The van der Waals surface area contributed by atoms with Crippen LogP contribution in [0.15, 0.2) is 52.7 Å². The van der Waals surface area contributed by atoms with Crippen molar-refractivity contribution in [2.24, 2.45) is 17.3 Å². The Kier molecular flexibility index (Phi) is 3.77. The van der Waals surface area contributed by atoms with Gasteiger partial charge in [0.2, 0.25) is 11.8 Å². The van der Waals surface area contributed by atoms with Crippen LogP contribution in [0, 0.1) is 0 Å². The second-order valence-electron chi connectivity index (χ2n) is 7.10. The zero-order valence-electron chi connectivity index (χ0n) is 15.2. The Bertz CT molecular complexity index is 1230. The molecule has 1 aromatic heterocycles. The van der Waals surface area contributed by atoms with Gasteiger partial charge in [0.25, 0.3) is 0 Å². The first kappa shape index (κ1) is 16.7. The molecule has 0 saturated carbocycles. The Labute approximate surface area is 161 Å². The Hall–Kier alpha value is -3.45. The second kappa shape index (κ2) is 6.31. The molecule has 2 aromatic carbocycles. The Morgan fingerprint density at radius 1 is 1.21 bits per heavy atom. The maximum atomic E-state index is 10.5. The van der Waals surface area contributed by atoms with E-state index in [1.807, 2.05) is 48.5 Å². The van der Waals surface area contributed by atoms with Crippen molar-refractivity contribution in [3.05, 3.63) is 75.4 Å². The molecule has 1 aliphatic carbocycles. The Morgan fingerprint density at radius 3 is 2.96 bits per heavy atom. The summed E-state index contributed by atoms with van der Waals surface area (Å²) in [5.74, 6) is 0.560. The number of nitrogens with one attached hydrogen (secondary N) is 1.